The molecular formula is C11H18N4O2S. The summed E-state index contributed by atoms with van der Waals surface area (Å²) in [5.41, 5.74) is 2.76. The van der Waals surface area contributed by atoms with Crippen molar-refractivity contribution in [2.45, 2.75) is 30.7 Å². The van der Waals surface area contributed by atoms with Crippen molar-refractivity contribution >= 4 is 15.7 Å². The number of hydrazine groups is 1. The molecule has 1 aromatic rings. The molecule has 0 aromatic carbocycles. The highest BCUT2D eigenvalue weighted by atomic mass is 32.2. The molecule has 1 aliphatic rings. The topological polar surface area (TPSA) is 88.3 Å². The number of sulfonamides is 1. The zero-order valence-corrected chi connectivity index (χ0v) is 11.3. The molecule has 1 unspecified atom stereocenters. The quantitative estimate of drug-likeness (QED) is 0.610. The Bertz CT molecular complexity index is 528. The van der Waals surface area contributed by atoms with Crippen molar-refractivity contribution in [1.82, 2.24) is 9.29 Å². The molecule has 1 aromatic heterocycles. The minimum absolute atomic E-state index is 0.000769. The van der Waals surface area contributed by atoms with Crippen LogP contribution in [0.25, 0.3) is 0 Å². The SMILES string of the molecule is CC(C1CC1)N(C)S(=O)(=O)c1cnccc1NN. The first-order valence-corrected chi connectivity index (χ1v) is 7.31. The van der Waals surface area contributed by atoms with Gasteiger partial charge in [0, 0.05) is 25.5 Å². The van der Waals surface area contributed by atoms with Crippen LogP contribution in [0.5, 0.6) is 0 Å². The number of rotatable bonds is 5. The van der Waals surface area contributed by atoms with Crippen molar-refractivity contribution in [1.29, 1.82) is 0 Å². The number of hydrogen-bond acceptors (Lipinski definition) is 5. The Morgan fingerprint density at radius 2 is 2.22 bits per heavy atom. The van der Waals surface area contributed by atoms with Crippen LogP contribution < -0.4 is 11.3 Å². The molecule has 7 heteroatoms. The van der Waals surface area contributed by atoms with Crippen molar-refractivity contribution in [2.24, 2.45) is 11.8 Å². The Labute approximate surface area is 107 Å². The second kappa shape index (κ2) is 4.83. The number of anilines is 1. The molecule has 0 aliphatic heterocycles. The standard InChI is InChI=1S/C11H18N4O2S/c1-8(9-3-4-9)15(2)18(16,17)11-7-13-6-5-10(11)14-12/h5-9H,3-4,12H2,1-2H3,(H,13,14). The average Bonchev–Trinajstić information content (AvgIpc) is 3.21. The summed E-state index contributed by atoms with van der Waals surface area (Å²) in [4.78, 5) is 3.97. The molecule has 1 fully saturated rings. The van der Waals surface area contributed by atoms with Crippen LogP contribution in [0.2, 0.25) is 0 Å². The lowest BCUT2D eigenvalue weighted by Crippen LogP contribution is -2.37. The van der Waals surface area contributed by atoms with E-state index < -0.39 is 10.0 Å². The van der Waals surface area contributed by atoms with Crippen LogP contribution in [0.1, 0.15) is 19.8 Å². The first-order valence-electron chi connectivity index (χ1n) is 5.87. The van der Waals surface area contributed by atoms with Crippen LogP contribution in [0.3, 0.4) is 0 Å². The van der Waals surface area contributed by atoms with Crippen molar-refractivity contribution < 1.29 is 8.42 Å². The molecule has 2 rings (SSSR count). The van der Waals surface area contributed by atoms with Gasteiger partial charge in [-0.05, 0) is 31.7 Å². The average molecular weight is 270 g/mol. The third-order valence-electron chi connectivity index (χ3n) is 3.47. The molecule has 3 N–H and O–H groups in total. The van der Waals surface area contributed by atoms with Crippen LogP contribution in [0, 0.1) is 5.92 Å². The highest BCUT2D eigenvalue weighted by Crippen LogP contribution is 2.36. The van der Waals surface area contributed by atoms with Gasteiger partial charge in [0.15, 0.2) is 0 Å². The Kier molecular flexibility index (Phi) is 3.56. The third kappa shape index (κ3) is 2.33. The summed E-state index contributed by atoms with van der Waals surface area (Å²) in [6.45, 7) is 1.93. The summed E-state index contributed by atoms with van der Waals surface area (Å²) in [5.74, 6) is 5.80. The smallest absolute Gasteiger partial charge is 0.246 e. The number of nitrogen functional groups attached to an aromatic ring is 1. The van der Waals surface area contributed by atoms with Crippen LogP contribution in [-0.2, 0) is 10.0 Å². The summed E-state index contributed by atoms with van der Waals surface area (Å²) >= 11 is 0. The van der Waals surface area contributed by atoms with E-state index in [4.69, 9.17) is 5.84 Å². The Balaban J connectivity index is 2.34. The van der Waals surface area contributed by atoms with E-state index >= 15 is 0 Å². The maximum absolute atomic E-state index is 12.5. The van der Waals surface area contributed by atoms with Gasteiger partial charge in [-0.1, -0.05) is 0 Å². The molecule has 18 heavy (non-hydrogen) atoms. The van der Waals surface area contributed by atoms with Gasteiger partial charge < -0.3 is 5.43 Å². The molecule has 100 valence electrons. The zero-order valence-electron chi connectivity index (χ0n) is 10.5. The number of pyridine rings is 1. The second-order valence-electron chi connectivity index (χ2n) is 4.62. The fourth-order valence-corrected chi connectivity index (χ4v) is 3.47. The summed E-state index contributed by atoms with van der Waals surface area (Å²) < 4.78 is 26.4. The van der Waals surface area contributed by atoms with E-state index in [1.54, 1.807) is 13.1 Å². The number of hydrogen-bond donors (Lipinski definition) is 2. The van der Waals surface area contributed by atoms with Gasteiger partial charge in [0.05, 0.1) is 5.69 Å². The van der Waals surface area contributed by atoms with E-state index in [9.17, 15) is 8.42 Å². The van der Waals surface area contributed by atoms with Gasteiger partial charge in [-0.15, -0.1) is 0 Å². The fourth-order valence-electron chi connectivity index (χ4n) is 1.95. The van der Waals surface area contributed by atoms with Gasteiger partial charge in [0.2, 0.25) is 10.0 Å². The third-order valence-corrected chi connectivity index (χ3v) is 5.45. The predicted molar refractivity (Wildman–Crippen MR) is 69.2 cm³/mol. The Morgan fingerprint density at radius 3 is 2.78 bits per heavy atom. The van der Waals surface area contributed by atoms with Gasteiger partial charge in [-0.25, -0.2) is 8.42 Å². The minimum atomic E-state index is -3.56. The Morgan fingerprint density at radius 1 is 1.56 bits per heavy atom. The van der Waals surface area contributed by atoms with Gasteiger partial charge in [-0.2, -0.15) is 4.31 Å². The monoisotopic (exact) mass is 270 g/mol. The second-order valence-corrected chi connectivity index (χ2v) is 6.58. The first kappa shape index (κ1) is 13.3. The number of aromatic nitrogens is 1. The van der Waals surface area contributed by atoms with E-state index in [-0.39, 0.29) is 10.9 Å². The summed E-state index contributed by atoms with van der Waals surface area (Å²) in [5, 5.41) is 0. The molecule has 0 amide bonds. The van der Waals surface area contributed by atoms with Crippen LogP contribution in [0.4, 0.5) is 5.69 Å². The molecule has 0 radical (unpaired) electrons. The van der Waals surface area contributed by atoms with E-state index in [0.717, 1.165) is 12.8 Å². The molecular weight excluding hydrogens is 252 g/mol. The predicted octanol–water partition coefficient (Wildman–Crippen LogP) is 0.786. The highest BCUT2D eigenvalue weighted by Gasteiger charge is 2.36. The Hall–Kier alpha value is -1.18. The van der Waals surface area contributed by atoms with Gasteiger partial charge in [-0.3, -0.25) is 10.8 Å². The lowest BCUT2D eigenvalue weighted by atomic mass is 10.2. The van der Waals surface area contributed by atoms with Crippen molar-refractivity contribution in [3.05, 3.63) is 18.5 Å². The van der Waals surface area contributed by atoms with Crippen LogP contribution in [0.15, 0.2) is 23.4 Å². The number of nitrogens with zero attached hydrogens (tertiary/aromatic N) is 2. The van der Waals surface area contributed by atoms with E-state index in [1.165, 1.54) is 16.7 Å². The molecule has 0 saturated heterocycles. The van der Waals surface area contributed by atoms with Gasteiger partial charge in [0.25, 0.3) is 0 Å². The lowest BCUT2D eigenvalue weighted by molar-refractivity contribution is 0.357. The number of nitrogens with two attached hydrogens (primary N) is 1. The molecule has 0 bridgehead atoms. The minimum Gasteiger partial charge on any atom is -0.323 e. The van der Waals surface area contributed by atoms with Crippen molar-refractivity contribution in [2.75, 3.05) is 12.5 Å². The highest BCUT2D eigenvalue weighted by molar-refractivity contribution is 7.89. The van der Waals surface area contributed by atoms with Crippen LogP contribution >= 0.6 is 0 Å². The van der Waals surface area contributed by atoms with Gasteiger partial charge in [0.1, 0.15) is 4.90 Å². The maximum Gasteiger partial charge on any atom is 0.246 e. The summed E-state index contributed by atoms with van der Waals surface area (Å²) in [6.07, 6.45) is 5.01. The lowest BCUT2D eigenvalue weighted by Gasteiger charge is -2.24. The van der Waals surface area contributed by atoms with Crippen molar-refractivity contribution in [3.63, 3.8) is 0 Å². The van der Waals surface area contributed by atoms with E-state index in [1.807, 2.05) is 6.92 Å². The molecule has 1 saturated carbocycles. The zero-order chi connectivity index (χ0) is 13.3. The van der Waals surface area contributed by atoms with Gasteiger partial charge >= 0.3 is 0 Å². The van der Waals surface area contributed by atoms with Crippen LogP contribution in [-0.4, -0.2) is 30.8 Å². The van der Waals surface area contributed by atoms with Crippen molar-refractivity contribution in [3.8, 4) is 0 Å². The fraction of sp³-hybridized carbons (Fsp3) is 0.545. The number of nitrogens with one attached hydrogen (secondary N) is 1. The summed E-state index contributed by atoms with van der Waals surface area (Å²) in [7, 11) is -1.95. The largest absolute Gasteiger partial charge is 0.323 e. The van der Waals surface area contributed by atoms with E-state index in [2.05, 4.69) is 10.4 Å². The normalized spacial score (nSPS) is 17.8. The maximum atomic E-state index is 12.5. The molecule has 0 spiro atoms. The first-order chi connectivity index (χ1) is 8.48. The van der Waals surface area contributed by atoms with E-state index in [0.29, 0.717) is 11.6 Å². The molecule has 1 aliphatic carbocycles. The molecule has 6 nitrogen and oxygen atoms in total. The molecule has 1 atom stereocenters. The molecule has 1 heterocycles. The summed E-state index contributed by atoms with van der Waals surface area (Å²) in [6, 6.07) is 1.54.